The van der Waals surface area contributed by atoms with E-state index in [-0.39, 0.29) is 18.9 Å². The third-order valence-corrected chi connectivity index (χ3v) is 2.91. The first-order chi connectivity index (χ1) is 10.4. The van der Waals surface area contributed by atoms with Gasteiger partial charge >= 0.3 is 6.18 Å². The first-order valence-electron chi connectivity index (χ1n) is 6.42. The van der Waals surface area contributed by atoms with Crippen LogP contribution in [0.25, 0.3) is 0 Å². The van der Waals surface area contributed by atoms with E-state index in [0.29, 0.717) is 11.3 Å². The van der Waals surface area contributed by atoms with Crippen molar-refractivity contribution in [1.82, 2.24) is 5.32 Å². The molecule has 0 aliphatic heterocycles. The number of carbonyl (C=O) groups excluding carboxylic acids is 1. The van der Waals surface area contributed by atoms with Crippen LogP contribution in [0.4, 0.5) is 13.2 Å². The van der Waals surface area contributed by atoms with Crippen molar-refractivity contribution in [3.05, 3.63) is 59.0 Å². The van der Waals surface area contributed by atoms with Crippen LogP contribution in [0.5, 0.6) is 0 Å². The van der Waals surface area contributed by atoms with Gasteiger partial charge in [-0.3, -0.25) is 4.79 Å². The first kappa shape index (κ1) is 16.1. The van der Waals surface area contributed by atoms with E-state index in [1.165, 1.54) is 25.3 Å². The number of rotatable bonds is 5. The number of nitrogens with one attached hydrogen (secondary N) is 1. The molecule has 118 valence electrons. The molecule has 2 aromatic rings. The van der Waals surface area contributed by atoms with Crippen molar-refractivity contribution in [2.45, 2.75) is 19.3 Å². The fraction of sp³-hybridized carbons (Fsp3) is 0.267. The van der Waals surface area contributed by atoms with Gasteiger partial charge in [-0.15, -0.1) is 0 Å². The number of hydrogen-bond acceptors (Lipinski definition) is 3. The Morgan fingerprint density at radius 2 is 1.86 bits per heavy atom. The molecule has 0 saturated heterocycles. The molecule has 0 spiro atoms. The molecule has 1 aromatic carbocycles. The van der Waals surface area contributed by atoms with Crippen molar-refractivity contribution in [1.29, 1.82) is 0 Å². The van der Waals surface area contributed by atoms with Crippen molar-refractivity contribution in [3.8, 4) is 0 Å². The lowest BCUT2D eigenvalue weighted by Gasteiger charge is -2.08. The molecule has 1 heterocycles. The molecule has 0 fully saturated rings. The van der Waals surface area contributed by atoms with Crippen molar-refractivity contribution in [3.63, 3.8) is 0 Å². The number of methoxy groups -OCH3 is 1. The van der Waals surface area contributed by atoms with Crippen LogP contribution >= 0.6 is 0 Å². The number of alkyl halides is 3. The minimum atomic E-state index is -4.37. The Hall–Kier alpha value is -2.28. The fourth-order valence-electron chi connectivity index (χ4n) is 1.80. The second kappa shape index (κ2) is 6.65. The van der Waals surface area contributed by atoms with E-state index in [4.69, 9.17) is 9.15 Å². The summed E-state index contributed by atoms with van der Waals surface area (Å²) in [6.45, 7) is 0.365. The lowest BCUT2D eigenvalue weighted by molar-refractivity contribution is -0.137. The zero-order valence-electron chi connectivity index (χ0n) is 11.7. The minimum absolute atomic E-state index is 0.108. The average molecular weight is 313 g/mol. The van der Waals surface area contributed by atoms with Gasteiger partial charge < -0.3 is 14.5 Å². The lowest BCUT2D eigenvalue weighted by Crippen LogP contribution is -2.22. The number of benzene rings is 1. The number of amides is 1. The Morgan fingerprint density at radius 3 is 2.45 bits per heavy atom. The van der Waals surface area contributed by atoms with Crippen molar-refractivity contribution in [2.24, 2.45) is 0 Å². The van der Waals surface area contributed by atoms with Crippen LogP contribution in [0.3, 0.4) is 0 Å². The maximum absolute atomic E-state index is 12.4. The maximum Gasteiger partial charge on any atom is 0.416 e. The monoisotopic (exact) mass is 313 g/mol. The molecule has 0 saturated carbocycles. The van der Waals surface area contributed by atoms with Crippen molar-refractivity contribution >= 4 is 5.91 Å². The fourth-order valence-corrected chi connectivity index (χ4v) is 1.80. The van der Waals surface area contributed by atoms with E-state index in [9.17, 15) is 18.0 Å². The highest BCUT2D eigenvalue weighted by Gasteiger charge is 2.29. The third-order valence-electron chi connectivity index (χ3n) is 2.91. The summed E-state index contributed by atoms with van der Waals surface area (Å²) in [5.41, 5.74) is -0.164. The average Bonchev–Trinajstić information content (AvgIpc) is 2.93. The zero-order valence-corrected chi connectivity index (χ0v) is 11.7. The molecule has 22 heavy (non-hydrogen) atoms. The summed E-state index contributed by atoms with van der Waals surface area (Å²) in [4.78, 5) is 11.8. The molecule has 0 radical (unpaired) electrons. The van der Waals surface area contributed by atoms with Crippen molar-refractivity contribution < 1.29 is 27.1 Å². The molecule has 7 heteroatoms. The van der Waals surface area contributed by atoms with E-state index >= 15 is 0 Å². The van der Waals surface area contributed by atoms with Crippen molar-refractivity contribution in [2.75, 3.05) is 7.11 Å². The summed E-state index contributed by atoms with van der Waals surface area (Å²) in [5.74, 6) is 0.198. The molecule has 1 aromatic heterocycles. The SMILES string of the molecule is COCc1ccc(C(=O)NCc2ccc(C(F)(F)F)cc2)o1. The predicted molar refractivity (Wildman–Crippen MR) is 72.0 cm³/mol. The summed E-state index contributed by atoms with van der Waals surface area (Å²) in [6, 6.07) is 7.73. The van der Waals surface area contributed by atoms with Gasteiger partial charge in [-0.25, -0.2) is 0 Å². The van der Waals surface area contributed by atoms with Crippen LogP contribution in [0.15, 0.2) is 40.8 Å². The Kier molecular flexibility index (Phi) is 4.87. The Bertz CT molecular complexity index is 632. The topological polar surface area (TPSA) is 51.5 Å². The molecule has 2 rings (SSSR count). The van der Waals surface area contributed by atoms with Crippen LogP contribution in [-0.4, -0.2) is 13.0 Å². The highest BCUT2D eigenvalue weighted by molar-refractivity contribution is 5.91. The van der Waals surface area contributed by atoms with Gasteiger partial charge in [-0.1, -0.05) is 12.1 Å². The second-order valence-electron chi connectivity index (χ2n) is 4.58. The molecule has 1 N–H and O–H groups in total. The summed E-state index contributed by atoms with van der Waals surface area (Å²) < 4.78 is 47.4. The van der Waals surface area contributed by atoms with Gasteiger partial charge in [0.2, 0.25) is 0 Å². The van der Waals surface area contributed by atoms with E-state index in [2.05, 4.69) is 5.32 Å². The summed E-state index contributed by atoms with van der Waals surface area (Å²) in [7, 11) is 1.51. The van der Waals surface area contributed by atoms with Gasteiger partial charge in [0, 0.05) is 13.7 Å². The van der Waals surface area contributed by atoms with E-state index in [1.54, 1.807) is 6.07 Å². The number of hydrogen-bond donors (Lipinski definition) is 1. The van der Waals surface area contributed by atoms with Crippen LogP contribution in [-0.2, 0) is 24.1 Å². The smallest absolute Gasteiger partial charge is 0.416 e. The summed E-state index contributed by atoms with van der Waals surface area (Å²) in [6.07, 6.45) is -4.37. The quantitative estimate of drug-likeness (QED) is 0.920. The predicted octanol–water partition coefficient (Wildman–Crippen LogP) is 3.37. The number of ether oxygens (including phenoxy) is 1. The van der Waals surface area contributed by atoms with Crippen LogP contribution < -0.4 is 5.32 Å². The molecule has 0 unspecified atom stereocenters. The van der Waals surface area contributed by atoms with Gasteiger partial charge in [-0.05, 0) is 29.8 Å². The van der Waals surface area contributed by atoms with Gasteiger partial charge in [0.05, 0.1) is 5.56 Å². The standard InChI is InChI=1S/C15H14F3NO3/c1-21-9-12-6-7-13(22-12)14(20)19-8-10-2-4-11(5-3-10)15(16,17)18/h2-7H,8-9H2,1H3,(H,19,20). The third kappa shape index (κ3) is 4.11. The summed E-state index contributed by atoms with van der Waals surface area (Å²) >= 11 is 0. The Morgan fingerprint density at radius 1 is 1.18 bits per heavy atom. The molecule has 0 aliphatic carbocycles. The zero-order chi connectivity index (χ0) is 16.2. The van der Waals surface area contributed by atoms with E-state index < -0.39 is 17.6 Å². The molecular formula is C15H14F3NO3. The largest absolute Gasteiger partial charge is 0.453 e. The number of halogens is 3. The molecule has 0 atom stereocenters. The Labute approximate surface area is 124 Å². The molecule has 0 aliphatic rings. The molecule has 1 amide bonds. The highest BCUT2D eigenvalue weighted by atomic mass is 19.4. The van der Waals surface area contributed by atoms with Crippen LogP contribution in [0, 0.1) is 0 Å². The Balaban J connectivity index is 1.93. The maximum atomic E-state index is 12.4. The van der Waals surface area contributed by atoms with Gasteiger partial charge in [0.15, 0.2) is 5.76 Å². The van der Waals surface area contributed by atoms with Crippen LogP contribution in [0.2, 0.25) is 0 Å². The van der Waals surface area contributed by atoms with E-state index in [1.807, 2.05) is 0 Å². The lowest BCUT2D eigenvalue weighted by atomic mass is 10.1. The van der Waals surface area contributed by atoms with Gasteiger partial charge in [0.25, 0.3) is 5.91 Å². The van der Waals surface area contributed by atoms with Crippen LogP contribution in [0.1, 0.15) is 27.4 Å². The second-order valence-corrected chi connectivity index (χ2v) is 4.58. The molecule has 0 bridgehead atoms. The molecule has 4 nitrogen and oxygen atoms in total. The highest BCUT2D eigenvalue weighted by Crippen LogP contribution is 2.29. The van der Waals surface area contributed by atoms with E-state index in [0.717, 1.165) is 12.1 Å². The normalized spacial score (nSPS) is 11.5. The number of carbonyl (C=O) groups is 1. The number of furan rings is 1. The first-order valence-corrected chi connectivity index (χ1v) is 6.42. The molecular weight excluding hydrogens is 299 g/mol. The summed E-state index contributed by atoms with van der Waals surface area (Å²) in [5, 5.41) is 2.57. The minimum Gasteiger partial charge on any atom is -0.453 e. The van der Waals surface area contributed by atoms with Gasteiger partial charge in [0.1, 0.15) is 12.4 Å². The van der Waals surface area contributed by atoms with Gasteiger partial charge in [-0.2, -0.15) is 13.2 Å².